The summed E-state index contributed by atoms with van der Waals surface area (Å²) in [5.74, 6) is -0.968. The van der Waals surface area contributed by atoms with Gasteiger partial charge in [-0.3, -0.25) is 9.69 Å². The molecule has 5 nitrogen and oxygen atoms in total. The van der Waals surface area contributed by atoms with E-state index in [-0.39, 0.29) is 4.32 Å². The van der Waals surface area contributed by atoms with Crippen molar-refractivity contribution in [3.8, 4) is 5.75 Å². The summed E-state index contributed by atoms with van der Waals surface area (Å²) < 4.78 is 6.06. The molecule has 1 unspecified atom stereocenters. The van der Waals surface area contributed by atoms with Gasteiger partial charge in [-0.1, -0.05) is 96.2 Å². The van der Waals surface area contributed by atoms with Crippen molar-refractivity contribution in [2.75, 3.05) is 0 Å². The second-order valence-electron chi connectivity index (χ2n) is 7.16. The Hall–Kier alpha value is -3.13. The van der Waals surface area contributed by atoms with Crippen molar-refractivity contribution in [3.63, 3.8) is 0 Å². The summed E-state index contributed by atoms with van der Waals surface area (Å²) in [6, 6.07) is 22.1. The number of ether oxygens (including phenoxy) is 1. The molecule has 0 spiro atoms. The fourth-order valence-electron chi connectivity index (χ4n) is 3.36. The Morgan fingerprint density at radius 2 is 1.82 bits per heavy atom. The standard InChI is InChI=1S/C25H18ClNO4S2/c26-20-12-5-4-10-18(20)15-31-19-11-6-7-16(13-19)14-21-23(28)27(25(32)33-21)22(24(29)30)17-8-2-1-3-9-17/h1-14,22H,15H2,(H,29,30)/b21-14+. The van der Waals surface area contributed by atoms with Gasteiger partial charge in [-0.2, -0.15) is 0 Å². The third kappa shape index (κ3) is 5.27. The van der Waals surface area contributed by atoms with E-state index in [0.717, 1.165) is 27.8 Å². The van der Waals surface area contributed by atoms with Gasteiger partial charge in [-0.05, 0) is 35.4 Å². The van der Waals surface area contributed by atoms with Crippen LogP contribution in [-0.4, -0.2) is 26.2 Å². The predicted octanol–water partition coefficient (Wildman–Crippen LogP) is 5.95. The van der Waals surface area contributed by atoms with Gasteiger partial charge in [0.25, 0.3) is 5.91 Å². The van der Waals surface area contributed by atoms with Gasteiger partial charge in [-0.15, -0.1) is 0 Å². The Balaban J connectivity index is 1.54. The minimum absolute atomic E-state index is 0.202. The van der Waals surface area contributed by atoms with E-state index in [0.29, 0.717) is 27.8 Å². The van der Waals surface area contributed by atoms with Crippen molar-refractivity contribution >= 4 is 57.9 Å². The summed E-state index contributed by atoms with van der Waals surface area (Å²) >= 11 is 12.6. The maximum absolute atomic E-state index is 13.1. The molecule has 166 valence electrons. The third-order valence-corrected chi connectivity index (χ3v) is 6.64. The highest BCUT2D eigenvalue weighted by Crippen LogP contribution is 2.38. The molecule has 0 aromatic heterocycles. The van der Waals surface area contributed by atoms with E-state index in [1.807, 2.05) is 36.4 Å². The molecule has 0 bridgehead atoms. The van der Waals surface area contributed by atoms with Gasteiger partial charge in [0.1, 0.15) is 16.7 Å². The summed E-state index contributed by atoms with van der Waals surface area (Å²) in [6.45, 7) is 0.308. The van der Waals surface area contributed by atoms with Crippen LogP contribution in [0.2, 0.25) is 5.02 Å². The first-order chi connectivity index (χ1) is 15.9. The molecule has 1 N–H and O–H groups in total. The number of hydrogen-bond donors (Lipinski definition) is 1. The largest absolute Gasteiger partial charge is 0.489 e. The minimum Gasteiger partial charge on any atom is -0.489 e. The maximum Gasteiger partial charge on any atom is 0.331 e. The quantitative estimate of drug-likeness (QED) is 0.323. The van der Waals surface area contributed by atoms with Crippen molar-refractivity contribution in [2.45, 2.75) is 12.6 Å². The average Bonchev–Trinajstić information content (AvgIpc) is 3.07. The lowest BCUT2D eigenvalue weighted by molar-refractivity contribution is -0.145. The number of carbonyl (C=O) groups is 2. The third-order valence-electron chi connectivity index (χ3n) is 4.94. The summed E-state index contributed by atoms with van der Waals surface area (Å²) in [6.07, 6.45) is 1.69. The molecule has 0 aliphatic carbocycles. The lowest BCUT2D eigenvalue weighted by Crippen LogP contribution is -2.37. The van der Waals surface area contributed by atoms with Crippen LogP contribution in [-0.2, 0) is 16.2 Å². The zero-order chi connectivity index (χ0) is 23.4. The molecule has 33 heavy (non-hydrogen) atoms. The molecule has 1 saturated heterocycles. The first-order valence-corrected chi connectivity index (χ1v) is 11.6. The van der Waals surface area contributed by atoms with Gasteiger partial charge in [0.05, 0.1) is 4.91 Å². The van der Waals surface area contributed by atoms with Crippen LogP contribution in [0.4, 0.5) is 0 Å². The van der Waals surface area contributed by atoms with E-state index in [4.69, 9.17) is 28.6 Å². The molecule has 1 aliphatic heterocycles. The van der Waals surface area contributed by atoms with E-state index >= 15 is 0 Å². The number of thiocarbonyl (C=S) groups is 1. The summed E-state index contributed by atoms with van der Waals surface area (Å²) in [4.78, 5) is 26.6. The first kappa shape index (κ1) is 23.0. The van der Waals surface area contributed by atoms with Crippen molar-refractivity contribution in [1.82, 2.24) is 4.90 Å². The Bertz CT molecular complexity index is 1250. The molecule has 3 aromatic carbocycles. The Morgan fingerprint density at radius 3 is 2.55 bits per heavy atom. The van der Waals surface area contributed by atoms with E-state index in [1.165, 1.54) is 0 Å². The Kier molecular flexibility index (Phi) is 7.13. The number of rotatable bonds is 7. The molecule has 1 heterocycles. The topological polar surface area (TPSA) is 66.8 Å². The highest BCUT2D eigenvalue weighted by Gasteiger charge is 2.41. The smallest absolute Gasteiger partial charge is 0.331 e. The van der Waals surface area contributed by atoms with Crippen molar-refractivity contribution in [2.24, 2.45) is 0 Å². The Morgan fingerprint density at radius 1 is 1.09 bits per heavy atom. The van der Waals surface area contributed by atoms with Crippen LogP contribution in [0.3, 0.4) is 0 Å². The fraction of sp³-hybridized carbons (Fsp3) is 0.0800. The number of carbonyl (C=O) groups excluding carboxylic acids is 1. The predicted molar refractivity (Wildman–Crippen MR) is 134 cm³/mol. The maximum atomic E-state index is 13.1. The van der Waals surface area contributed by atoms with Gasteiger partial charge >= 0.3 is 5.97 Å². The first-order valence-electron chi connectivity index (χ1n) is 9.95. The summed E-state index contributed by atoms with van der Waals surface area (Å²) in [5.41, 5.74) is 2.09. The molecule has 1 aliphatic rings. The number of halogens is 1. The number of hydrogen-bond acceptors (Lipinski definition) is 5. The van der Waals surface area contributed by atoms with Gasteiger partial charge in [0.15, 0.2) is 6.04 Å². The van der Waals surface area contributed by atoms with Crippen LogP contribution in [0.15, 0.2) is 83.8 Å². The minimum atomic E-state index is -1.19. The number of benzene rings is 3. The summed E-state index contributed by atoms with van der Waals surface area (Å²) in [7, 11) is 0. The molecule has 1 atom stereocenters. The van der Waals surface area contributed by atoms with Gasteiger partial charge in [0, 0.05) is 10.6 Å². The molecule has 4 rings (SSSR count). The van der Waals surface area contributed by atoms with Crippen molar-refractivity contribution in [1.29, 1.82) is 0 Å². The lowest BCUT2D eigenvalue weighted by Gasteiger charge is -2.23. The highest BCUT2D eigenvalue weighted by molar-refractivity contribution is 8.26. The van der Waals surface area contributed by atoms with E-state index in [2.05, 4.69) is 0 Å². The van der Waals surface area contributed by atoms with Crippen molar-refractivity contribution < 1.29 is 19.4 Å². The van der Waals surface area contributed by atoms with Crippen LogP contribution in [0.25, 0.3) is 6.08 Å². The Labute approximate surface area is 205 Å². The van der Waals surface area contributed by atoms with Gasteiger partial charge in [0.2, 0.25) is 0 Å². The van der Waals surface area contributed by atoms with Crippen LogP contribution >= 0.6 is 35.6 Å². The number of aliphatic carboxylic acids is 1. The van der Waals surface area contributed by atoms with Crippen LogP contribution in [0.1, 0.15) is 22.7 Å². The number of carboxylic acids is 1. The molecule has 3 aromatic rings. The SMILES string of the molecule is O=C(O)C(c1ccccc1)N1C(=O)/C(=C\c2cccc(OCc3ccccc3Cl)c2)SC1=S. The average molecular weight is 496 g/mol. The number of amides is 1. The fourth-order valence-corrected chi connectivity index (χ4v) is 4.87. The van der Waals surface area contributed by atoms with Crippen LogP contribution < -0.4 is 4.74 Å². The number of carboxylic acid groups (broad SMARTS) is 1. The molecular weight excluding hydrogens is 478 g/mol. The van der Waals surface area contributed by atoms with Crippen molar-refractivity contribution in [3.05, 3.63) is 105 Å². The van der Waals surface area contributed by atoms with Crippen LogP contribution in [0, 0.1) is 0 Å². The zero-order valence-corrected chi connectivity index (χ0v) is 19.6. The zero-order valence-electron chi connectivity index (χ0n) is 17.2. The number of nitrogens with zero attached hydrogens (tertiary/aromatic N) is 1. The van der Waals surface area contributed by atoms with Gasteiger partial charge < -0.3 is 9.84 Å². The second kappa shape index (κ2) is 10.2. The van der Waals surface area contributed by atoms with E-state index in [9.17, 15) is 14.7 Å². The molecular formula is C25H18ClNO4S2. The lowest BCUT2D eigenvalue weighted by atomic mass is 10.1. The molecule has 1 fully saturated rings. The summed E-state index contributed by atoms with van der Waals surface area (Å²) in [5, 5.41) is 10.4. The normalized spacial score (nSPS) is 15.7. The molecule has 0 saturated carbocycles. The van der Waals surface area contributed by atoms with Crippen LogP contribution in [0.5, 0.6) is 5.75 Å². The molecule has 1 amide bonds. The highest BCUT2D eigenvalue weighted by atomic mass is 35.5. The second-order valence-corrected chi connectivity index (χ2v) is 9.24. The number of thioether (sulfide) groups is 1. The molecule has 0 radical (unpaired) electrons. The van der Waals surface area contributed by atoms with E-state index < -0.39 is 17.9 Å². The monoisotopic (exact) mass is 495 g/mol. The van der Waals surface area contributed by atoms with E-state index in [1.54, 1.807) is 48.5 Å². The molecule has 8 heteroatoms. The van der Waals surface area contributed by atoms with Gasteiger partial charge in [-0.25, -0.2) is 4.79 Å².